The van der Waals surface area contributed by atoms with E-state index < -0.39 is 0 Å². The van der Waals surface area contributed by atoms with Gasteiger partial charge in [-0.15, -0.1) is 0 Å². The molecule has 2 rings (SSSR count). The molecule has 0 aliphatic carbocycles. The molecule has 1 aliphatic rings. The van der Waals surface area contributed by atoms with Crippen molar-refractivity contribution >= 4 is 6.29 Å². The summed E-state index contributed by atoms with van der Waals surface area (Å²) >= 11 is 0. The smallest absolute Gasteiger partial charge is 0.150 e. The van der Waals surface area contributed by atoms with E-state index in [1.54, 1.807) is 0 Å². The van der Waals surface area contributed by atoms with E-state index in [-0.39, 0.29) is 0 Å². The third kappa shape index (κ3) is 1.70. The predicted molar refractivity (Wildman–Crippen MR) is 56.4 cm³/mol. The first kappa shape index (κ1) is 9.41. The fourth-order valence-electron chi connectivity index (χ4n) is 2.17. The van der Waals surface area contributed by atoms with E-state index in [2.05, 4.69) is 18.0 Å². The summed E-state index contributed by atoms with van der Waals surface area (Å²) in [6.45, 7) is 1.16. The summed E-state index contributed by atoms with van der Waals surface area (Å²) in [5, 5.41) is 0. The van der Waals surface area contributed by atoms with Crippen LogP contribution >= 0.6 is 0 Å². The molecule has 1 atom stereocenters. The van der Waals surface area contributed by atoms with Gasteiger partial charge in [-0.3, -0.25) is 9.69 Å². The number of hydrogen-bond acceptors (Lipinski definition) is 2. The Bertz CT molecular complexity index is 335. The molecular weight excluding hydrogens is 174 g/mol. The van der Waals surface area contributed by atoms with Crippen LogP contribution in [0.5, 0.6) is 0 Å². The van der Waals surface area contributed by atoms with Gasteiger partial charge in [0, 0.05) is 11.6 Å². The Kier molecular flexibility index (Phi) is 2.64. The predicted octanol–water partition coefficient (Wildman–Crippen LogP) is 2.27. The van der Waals surface area contributed by atoms with Gasteiger partial charge in [0.2, 0.25) is 0 Å². The highest BCUT2D eigenvalue weighted by Crippen LogP contribution is 2.30. The Morgan fingerprint density at radius 1 is 1.50 bits per heavy atom. The second-order valence-corrected chi connectivity index (χ2v) is 3.93. The molecule has 0 N–H and O–H groups in total. The van der Waals surface area contributed by atoms with Crippen molar-refractivity contribution < 1.29 is 4.79 Å². The molecule has 0 saturated carbocycles. The topological polar surface area (TPSA) is 20.3 Å². The second-order valence-electron chi connectivity index (χ2n) is 3.93. The molecule has 2 heteroatoms. The van der Waals surface area contributed by atoms with Gasteiger partial charge < -0.3 is 0 Å². The van der Waals surface area contributed by atoms with Crippen LogP contribution in [0.15, 0.2) is 24.3 Å². The summed E-state index contributed by atoms with van der Waals surface area (Å²) in [6.07, 6.45) is 3.38. The van der Waals surface area contributed by atoms with Crippen LogP contribution in [0.25, 0.3) is 0 Å². The van der Waals surface area contributed by atoms with Crippen LogP contribution in [-0.2, 0) is 0 Å². The summed E-state index contributed by atoms with van der Waals surface area (Å²) < 4.78 is 0. The summed E-state index contributed by atoms with van der Waals surface area (Å²) in [4.78, 5) is 13.0. The van der Waals surface area contributed by atoms with Crippen LogP contribution in [0, 0.1) is 0 Å². The first-order valence-corrected chi connectivity index (χ1v) is 5.06. The van der Waals surface area contributed by atoms with E-state index in [0.29, 0.717) is 6.04 Å². The Morgan fingerprint density at radius 3 is 3.00 bits per heavy atom. The minimum atomic E-state index is 0.509. The van der Waals surface area contributed by atoms with E-state index in [1.807, 2.05) is 18.2 Å². The van der Waals surface area contributed by atoms with Crippen LogP contribution in [0.1, 0.15) is 34.8 Å². The lowest BCUT2D eigenvalue weighted by atomic mass is 10.0. The standard InChI is InChI=1S/C12H15NO/c1-13-7-3-6-12(13)11-5-2-4-10(8-11)9-14/h2,4-5,8-9,12H,3,6-7H2,1H3. The minimum Gasteiger partial charge on any atom is -0.299 e. The van der Waals surface area contributed by atoms with Crippen molar-refractivity contribution in [2.24, 2.45) is 0 Å². The first-order chi connectivity index (χ1) is 6.81. The van der Waals surface area contributed by atoms with Crippen LogP contribution in [-0.4, -0.2) is 24.8 Å². The molecule has 0 amide bonds. The van der Waals surface area contributed by atoms with Gasteiger partial charge in [0.25, 0.3) is 0 Å². The number of rotatable bonds is 2. The zero-order chi connectivity index (χ0) is 9.97. The van der Waals surface area contributed by atoms with Gasteiger partial charge in [0.05, 0.1) is 0 Å². The number of hydrogen-bond donors (Lipinski definition) is 0. The molecule has 14 heavy (non-hydrogen) atoms. The monoisotopic (exact) mass is 189 g/mol. The van der Waals surface area contributed by atoms with Gasteiger partial charge in [0.15, 0.2) is 0 Å². The highest BCUT2D eigenvalue weighted by Gasteiger charge is 2.22. The van der Waals surface area contributed by atoms with E-state index in [1.165, 1.54) is 18.4 Å². The molecule has 0 bridgehead atoms. The maximum atomic E-state index is 10.6. The van der Waals surface area contributed by atoms with Crippen molar-refractivity contribution in [1.29, 1.82) is 0 Å². The average Bonchev–Trinajstić information content (AvgIpc) is 2.65. The summed E-state index contributed by atoms with van der Waals surface area (Å²) in [7, 11) is 2.14. The third-order valence-corrected chi connectivity index (χ3v) is 2.95. The fraction of sp³-hybridized carbons (Fsp3) is 0.417. The maximum Gasteiger partial charge on any atom is 0.150 e. The van der Waals surface area contributed by atoms with Crippen molar-refractivity contribution in [2.75, 3.05) is 13.6 Å². The largest absolute Gasteiger partial charge is 0.299 e. The third-order valence-electron chi connectivity index (χ3n) is 2.95. The number of benzene rings is 1. The summed E-state index contributed by atoms with van der Waals surface area (Å²) in [5.41, 5.74) is 2.05. The molecule has 1 heterocycles. The molecule has 1 saturated heterocycles. The van der Waals surface area contributed by atoms with Gasteiger partial charge in [-0.05, 0) is 38.1 Å². The number of carbonyl (C=O) groups is 1. The average molecular weight is 189 g/mol. The number of carbonyl (C=O) groups excluding carboxylic acids is 1. The SMILES string of the molecule is CN1CCCC1c1cccc(C=O)c1. The van der Waals surface area contributed by atoms with E-state index >= 15 is 0 Å². The van der Waals surface area contributed by atoms with Crippen LogP contribution in [0.3, 0.4) is 0 Å². The van der Waals surface area contributed by atoms with Gasteiger partial charge in [-0.1, -0.05) is 18.2 Å². The van der Waals surface area contributed by atoms with Crippen molar-refractivity contribution in [2.45, 2.75) is 18.9 Å². The van der Waals surface area contributed by atoms with Crippen molar-refractivity contribution in [3.63, 3.8) is 0 Å². The molecular formula is C12H15NO. The summed E-state index contributed by atoms with van der Waals surface area (Å²) in [6, 6.07) is 8.44. The molecule has 0 aromatic heterocycles. The Labute approximate surface area is 84.5 Å². The Hall–Kier alpha value is -1.15. The number of likely N-dealkylation sites (tertiary alicyclic amines) is 1. The minimum absolute atomic E-state index is 0.509. The molecule has 0 radical (unpaired) electrons. The van der Waals surface area contributed by atoms with Gasteiger partial charge in [-0.2, -0.15) is 0 Å². The Balaban J connectivity index is 2.26. The first-order valence-electron chi connectivity index (χ1n) is 5.06. The molecule has 1 fully saturated rings. The van der Waals surface area contributed by atoms with Crippen molar-refractivity contribution in [1.82, 2.24) is 4.90 Å². The molecule has 74 valence electrons. The lowest BCUT2D eigenvalue weighted by molar-refractivity contribution is 0.112. The highest BCUT2D eigenvalue weighted by molar-refractivity contribution is 5.75. The van der Waals surface area contributed by atoms with Crippen LogP contribution in [0.4, 0.5) is 0 Å². The number of aldehydes is 1. The lowest BCUT2D eigenvalue weighted by Crippen LogP contribution is -2.17. The molecule has 1 unspecified atom stereocenters. The Morgan fingerprint density at radius 2 is 2.36 bits per heavy atom. The second kappa shape index (κ2) is 3.93. The molecule has 1 aliphatic heterocycles. The highest BCUT2D eigenvalue weighted by atomic mass is 16.1. The zero-order valence-corrected chi connectivity index (χ0v) is 8.44. The van der Waals surface area contributed by atoms with E-state index in [9.17, 15) is 4.79 Å². The molecule has 1 aromatic carbocycles. The quantitative estimate of drug-likeness (QED) is 0.665. The van der Waals surface area contributed by atoms with Crippen molar-refractivity contribution in [3.05, 3.63) is 35.4 Å². The van der Waals surface area contributed by atoms with Gasteiger partial charge in [0.1, 0.15) is 6.29 Å². The van der Waals surface area contributed by atoms with Gasteiger partial charge >= 0.3 is 0 Å². The molecule has 2 nitrogen and oxygen atoms in total. The van der Waals surface area contributed by atoms with E-state index in [4.69, 9.17) is 0 Å². The molecule has 1 aromatic rings. The normalized spacial score (nSPS) is 22.5. The van der Waals surface area contributed by atoms with Crippen LogP contribution < -0.4 is 0 Å². The van der Waals surface area contributed by atoms with E-state index in [0.717, 1.165) is 18.4 Å². The van der Waals surface area contributed by atoms with Crippen LogP contribution in [0.2, 0.25) is 0 Å². The maximum absolute atomic E-state index is 10.6. The summed E-state index contributed by atoms with van der Waals surface area (Å²) in [5.74, 6) is 0. The zero-order valence-electron chi connectivity index (χ0n) is 8.44. The molecule has 0 spiro atoms. The van der Waals surface area contributed by atoms with Crippen molar-refractivity contribution in [3.8, 4) is 0 Å². The number of nitrogens with zero attached hydrogens (tertiary/aromatic N) is 1. The van der Waals surface area contributed by atoms with Gasteiger partial charge in [-0.25, -0.2) is 0 Å². The fourth-order valence-corrected chi connectivity index (χ4v) is 2.17. The lowest BCUT2D eigenvalue weighted by Gasteiger charge is -2.19.